The van der Waals surface area contributed by atoms with E-state index in [4.69, 9.17) is 10.6 Å². The molecule has 2 rings (SSSR count). The highest BCUT2D eigenvalue weighted by Gasteiger charge is 2.27. The van der Waals surface area contributed by atoms with Crippen LogP contribution in [0.4, 0.5) is 4.39 Å². The molecule has 102 valence electrons. The number of hydrogen-bond acceptors (Lipinski definition) is 4. The third-order valence-corrected chi connectivity index (χ3v) is 3.21. The molecule has 2 heterocycles. The van der Waals surface area contributed by atoms with Crippen LogP contribution < -0.4 is 5.48 Å². The first-order valence-electron chi connectivity index (χ1n) is 6.01. The lowest BCUT2D eigenvalue weighted by molar-refractivity contribution is 0.0696. The second-order valence-corrected chi connectivity index (χ2v) is 4.49. The van der Waals surface area contributed by atoms with Crippen molar-refractivity contribution in [1.29, 1.82) is 5.41 Å². The minimum atomic E-state index is -0.626. The van der Waals surface area contributed by atoms with E-state index in [1.165, 1.54) is 12.3 Å². The maximum absolute atomic E-state index is 12.7. The predicted molar refractivity (Wildman–Crippen MR) is 65.5 cm³/mol. The smallest absolute Gasteiger partial charge is 0.255 e. The molecule has 1 aromatic heterocycles. The number of hydroxylamine groups is 1. The van der Waals surface area contributed by atoms with Gasteiger partial charge in [0.15, 0.2) is 0 Å². The molecule has 1 saturated heterocycles. The molecule has 1 aliphatic rings. The number of pyridine rings is 1. The van der Waals surface area contributed by atoms with Crippen molar-refractivity contribution in [1.82, 2.24) is 15.4 Å². The molecule has 0 saturated carbocycles. The van der Waals surface area contributed by atoms with Crippen LogP contribution in [0, 0.1) is 17.3 Å². The SMILES string of the molecule is N=C(NO)C1CCCN(C(=O)c2ccc(F)nc2)C1. The number of nitrogens with one attached hydrogen (secondary N) is 2. The molecule has 7 heteroatoms. The first-order chi connectivity index (χ1) is 9.11. The molecule has 19 heavy (non-hydrogen) atoms. The summed E-state index contributed by atoms with van der Waals surface area (Å²) in [5.74, 6) is -1.05. The van der Waals surface area contributed by atoms with E-state index < -0.39 is 5.95 Å². The number of carbonyl (C=O) groups excluding carboxylic acids is 1. The quantitative estimate of drug-likeness (QED) is 0.323. The number of likely N-dealkylation sites (tertiary alicyclic amines) is 1. The molecule has 1 aromatic rings. The summed E-state index contributed by atoms with van der Waals surface area (Å²) in [6.07, 6.45) is 2.71. The number of nitrogens with zero attached hydrogens (tertiary/aromatic N) is 2. The maximum Gasteiger partial charge on any atom is 0.255 e. The zero-order valence-electron chi connectivity index (χ0n) is 10.3. The van der Waals surface area contributed by atoms with Crippen molar-refractivity contribution in [3.05, 3.63) is 29.8 Å². The van der Waals surface area contributed by atoms with Gasteiger partial charge in [0.05, 0.1) is 5.56 Å². The van der Waals surface area contributed by atoms with Crippen molar-refractivity contribution in [3.63, 3.8) is 0 Å². The lowest BCUT2D eigenvalue weighted by Gasteiger charge is -2.32. The molecule has 1 amide bonds. The van der Waals surface area contributed by atoms with E-state index in [-0.39, 0.29) is 17.7 Å². The molecule has 1 unspecified atom stereocenters. The third kappa shape index (κ3) is 3.05. The van der Waals surface area contributed by atoms with E-state index in [2.05, 4.69) is 4.98 Å². The molecule has 3 N–H and O–H groups in total. The topological polar surface area (TPSA) is 89.3 Å². The molecule has 1 aliphatic heterocycles. The Labute approximate surface area is 109 Å². The molecular weight excluding hydrogens is 251 g/mol. The number of amides is 1. The minimum Gasteiger partial charge on any atom is -0.338 e. The second kappa shape index (κ2) is 5.75. The average Bonchev–Trinajstić information content (AvgIpc) is 2.46. The first kappa shape index (κ1) is 13.4. The van der Waals surface area contributed by atoms with Gasteiger partial charge >= 0.3 is 0 Å². The number of carbonyl (C=O) groups is 1. The van der Waals surface area contributed by atoms with Gasteiger partial charge < -0.3 is 4.90 Å². The molecule has 1 atom stereocenters. The molecule has 0 aromatic carbocycles. The highest BCUT2D eigenvalue weighted by molar-refractivity contribution is 5.94. The van der Waals surface area contributed by atoms with E-state index in [0.717, 1.165) is 18.9 Å². The summed E-state index contributed by atoms with van der Waals surface area (Å²) in [7, 11) is 0. The van der Waals surface area contributed by atoms with E-state index in [9.17, 15) is 9.18 Å². The highest BCUT2D eigenvalue weighted by atomic mass is 19.1. The van der Waals surface area contributed by atoms with Crippen molar-refractivity contribution in [2.75, 3.05) is 13.1 Å². The van der Waals surface area contributed by atoms with Crippen LogP contribution in [-0.4, -0.2) is 39.9 Å². The standard InChI is InChI=1S/C12H15FN4O2/c13-10-4-3-8(6-15-10)12(18)17-5-1-2-9(7-17)11(14)16-19/h3-4,6,9,19H,1-2,5,7H2,(H2,14,16). The van der Waals surface area contributed by atoms with Gasteiger partial charge in [-0.05, 0) is 25.0 Å². The van der Waals surface area contributed by atoms with E-state index in [1.807, 2.05) is 5.48 Å². The maximum atomic E-state index is 12.7. The Kier molecular flexibility index (Phi) is 4.06. The number of rotatable bonds is 2. The Balaban J connectivity index is 2.06. The predicted octanol–water partition coefficient (Wildman–Crippen LogP) is 1.03. The van der Waals surface area contributed by atoms with Crippen LogP contribution in [-0.2, 0) is 0 Å². The van der Waals surface area contributed by atoms with Crippen LogP contribution in [0.3, 0.4) is 0 Å². The normalized spacial score (nSPS) is 19.1. The van der Waals surface area contributed by atoms with Crippen molar-refractivity contribution in [3.8, 4) is 0 Å². The van der Waals surface area contributed by atoms with Crippen molar-refractivity contribution < 1.29 is 14.4 Å². The second-order valence-electron chi connectivity index (χ2n) is 4.49. The van der Waals surface area contributed by atoms with Gasteiger partial charge in [0.25, 0.3) is 5.91 Å². The van der Waals surface area contributed by atoms with Crippen LogP contribution in [0.5, 0.6) is 0 Å². The Bertz CT molecular complexity index is 477. The summed E-state index contributed by atoms with van der Waals surface area (Å²) in [5.41, 5.74) is 2.15. The summed E-state index contributed by atoms with van der Waals surface area (Å²) in [6, 6.07) is 2.54. The number of amidine groups is 1. The van der Waals surface area contributed by atoms with Gasteiger partial charge in [-0.25, -0.2) is 4.98 Å². The number of hydrogen-bond donors (Lipinski definition) is 3. The molecule has 1 fully saturated rings. The fourth-order valence-electron chi connectivity index (χ4n) is 2.17. The fraction of sp³-hybridized carbons (Fsp3) is 0.417. The molecule has 0 bridgehead atoms. The van der Waals surface area contributed by atoms with Gasteiger partial charge in [0, 0.05) is 25.2 Å². The Hall–Kier alpha value is -2.02. The number of piperidine rings is 1. The molecule has 0 spiro atoms. The van der Waals surface area contributed by atoms with Crippen LogP contribution in [0.1, 0.15) is 23.2 Å². The lowest BCUT2D eigenvalue weighted by Crippen LogP contribution is -2.44. The van der Waals surface area contributed by atoms with Gasteiger partial charge in [0.2, 0.25) is 5.95 Å². The zero-order chi connectivity index (χ0) is 13.8. The minimum absolute atomic E-state index is 0.00901. The Morgan fingerprint density at radius 2 is 2.37 bits per heavy atom. The van der Waals surface area contributed by atoms with Crippen LogP contribution >= 0.6 is 0 Å². The zero-order valence-corrected chi connectivity index (χ0v) is 10.3. The highest BCUT2D eigenvalue weighted by Crippen LogP contribution is 2.18. The van der Waals surface area contributed by atoms with Crippen LogP contribution in [0.2, 0.25) is 0 Å². The van der Waals surface area contributed by atoms with Crippen LogP contribution in [0.15, 0.2) is 18.3 Å². The fourth-order valence-corrected chi connectivity index (χ4v) is 2.17. The van der Waals surface area contributed by atoms with Crippen molar-refractivity contribution in [2.24, 2.45) is 5.92 Å². The average molecular weight is 266 g/mol. The van der Waals surface area contributed by atoms with Crippen molar-refractivity contribution >= 4 is 11.7 Å². The van der Waals surface area contributed by atoms with Gasteiger partial charge in [-0.2, -0.15) is 4.39 Å². The van der Waals surface area contributed by atoms with Crippen molar-refractivity contribution in [2.45, 2.75) is 12.8 Å². The summed E-state index contributed by atoms with van der Waals surface area (Å²) in [4.78, 5) is 17.2. The first-order valence-corrected chi connectivity index (χ1v) is 6.01. The summed E-state index contributed by atoms with van der Waals surface area (Å²) >= 11 is 0. The van der Waals surface area contributed by atoms with E-state index >= 15 is 0 Å². The summed E-state index contributed by atoms with van der Waals surface area (Å²) < 4.78 is 12.7. The van der Waals surface area contributed by atoms with E-state index in [1.54, 1.807) is 4.90 Å². The summed E-state index contributed by atoms with van der Waals surface area (Å²) in [5, 5.41) is 16.3. The molecule has 6 nitrogen and oxygen atoms in total. The monoisotopic (exact) mass is 266 g/mol. The Morgan fingerprint density at radius 1 is 1.58 bits per heavy atom. The van der Waals surface area contributed by atoms with Gasteiger partial charge in [-0.3, -0.25) is 20.9 Å². The number of aromatic nitrogens is 1. The van der Waals surface area contributed by atoms with Gasteiger partial charge in [-0.1, -0.05) is 0 Å². The third-order valence-electron chi connectivity index (χ3n) is 3.21. The van der Waals surface area contributed by atoms with E-state index in [0.29, 0.717) is 18.7 Å². The molecule has 0 aliphatic carbocycles. The Morgan fingerprint density at radius 3 is 3.00 bits per heavy atom. The van der Waals surface area contributed by atoms with Gasteiger partial charge in [-0.15, -0.1) is 0 Å². The largest absolute Gasteiger partial charge is 0.338 e. The van der Waals surface area contributed by atoms with Gasteiger partial charge in [0.1, 0.15) is 5.84 Å². The summed E-state index contributed by atoms with van der Waals surface area (Å²) in [6.45, 7) is 0.952. The lowest BCUT2D eigenvalue weighted by atomic mass is 9.96. The molecule has 0 radical (unpaired) electrons. The van der Waals surface area contributed by atoms with Crippen LogP contribution in [0.25, 0.3) is 0 Å². The number of halogens is 1. The molecular formula is C12H15FN4O2.